The summed E-state index contributed by atoms with van der Waals surface area (Å²) in [5.74, 6) is -0.890. The number of carbonyl (C=O) groups is 1. The Hall–Kier alpha value is -0.760. The van der Waals surface area contributed by atoms with Gasteiger partial charge < -0.3 is 4.74 Å². The van der Waals surface area contributed by atoms with E-state index in [2.05, 4.69) is 11.7 Å². The summed E-state index contributed by atoms with van der Waals surface area (Å²) in [6, 6.07) is 0. The lowest BCUT2D eigenvalue weighted by molar-refractivity contribution is -0.149. The lowest BCUT2D eigenvalue weighted by Crippen LogP contribution is -2.34. The quantitative estimate of drug-likeness (QED) is 0.381. The number of unbranched alkanes of at least 4 members (excludes halogenated alkanes) is 5. The highest BCUT2D eigenvalue weighted by Gasteiger charge is 2.45. The van der Waals surface area contributed by atoms with Gasteiger partial charge in [-0.05, 0) is 6.42 Å². The molecule has 8 heteroatoms. The van der Waals surface area contributed by atoms with Crippen LogP contribution in [-0.4, -0.2) is 30.8 Å². The Morgan fingerprint density at radius 2 is 1.68 bits per heavy atom. The van der Waals surface area contributed by atoms with Gasteiger partial charge in [-0.2, -0.15) is 17.2 Å². The van der Waals surface area contributed by atoms with Crippen LogP contribution in [0.2, 0.25) is 0 Å². The van der Waals surface area contributed by atoms with Crippen molar-refractivity contribution in [2.24, 2.45) is 0 Å². The number of halogens is 2. The number of rotatable bonds is 10. The Labute approximate surface area is 112 Å². The Bertz CT molecular complexity index is 367. The number of alkyl halides is 2. The fraction of sp³-hybridized carbons (Fsp3) is 0.909. The molecule has 0 aliphatic rings. The van der Waals surface area contributed by atoms with Crippen molar-refractivity contribution in [1.82, 2.24) is 0 Å². The van der Waals surface area contributed by atoms with Crippen LogP contribution in [0.3, 0.4) is 0 Å². The average Bonchev–Trinajstić information content (AvgIpc) is 2.29. The fourth-order valence-electron chi connectivity index (χ4n) is 1.36. The molecule has 0 heterocycles. The number of carbonyl (C=O) groups excluding carboxylic acids is 1. The molecule has 0 aliphatic carbocycles. The van der Waals surface area contributed by atoms with Gasteiger partial charge in [-0.1, -0.05) is 39.0 Å². The van der Waals surface area contributed by atoms with Crippen LogP contribution < -0.4 is 0 Å². The van der Waals surface area contributed by atoms with Gasteiger partial charge >= 0.3 is 21.3 Å². The highest BCUT2D eigenvalue weighted by Crippen LogP contribution is 2.20. The lowest BCUT2D eigenvalue weighted by atomic mass is 10.1. The van der Waals surface area contributed by atoms with E-state index in [0.717, 1.165) is 32.1 Å². The van der Waals surface area contributed by atoms with Crippen molar-refractivity contribution in [3.63, 3.8) is 0 Å². The number of ether oxygens (including phenoxy) is 1. The Balaban J connectivity index is 3.77. The van der Waals surface area contributed by atoms with Crippen LogP contribution in [0.5, 0.6) is 0 Å². The van der Waals surface area contributed by atoms with Crippen LogP contribution in [-0.2, 0) is 19.6 Å². The standard InChI is InChI=1S/C11H20F2O5S/c1-2-3-4-5-6-7-8-10(14)18-9-11(12,13)19(15,16)17/h2-9H2,1H3,(H,15,16,17). The summed E-state index contributed by atoms with van der Waals surface area (Å²) in [7, 11) is -5.54. The average molecular weight is 302 g/mol. The smallest absolute Gasteiger partial charge is 0.402 e. The molecule has 19 heavy (non-hydrogen) atoms. The molecular formula is C11H20F2O5S. The van der Waals surface area contributed by atoms with Crippen LogP contribution in [0.4, 0.5) is 8.78 Å². The van der Waals surface area contributed by atoms with E-state index in [0.29, 0.717) is 6.42 Å². The summed E-state index contributed by atoms with van der Waals surface area (Å²) in [4.78, 5) is 11.1. The minimum absolute atomic E-state index is 0.0340. The molecule has 0 aliphatic heterocycles. The SMILES string of the molecule is CCCCCCCCC(=O)OCC(F)(F)S(=O)(=O)O. The second-order valence-electron chi connectivity index (χ2n) is 4.29. The maximum atomic E-state index is 12.7. The highest BCUT2D eigenvalue weighted by atomic mass is 32.2. The van der Waals surface area contributed by atoms with Gasteiger partial charge in [0.25, 0.3) is 0 Å². The molecule has 5 nitrogen and oxygen atoms in total. The molecule has 0 saturated carbocycles. The summed E-state index contributed by atoms with van der Waals surface area (Å²) < 4.78 is 58.2. The van der Waals surface area contributed by atoms with Gasteiger partial charge in [-0.3, -0.25) is 9.35 Å². The van der Waals surface area contributed by atoms with E-state index >= 15 is 0 Å². The van der Waals surface area contributed by atoms with E-state index in [9.17, 15) is 22.0 Å². The first-order valence-electron chi connectivity index (χ1n) is 6.21. The van der Waals surface area contributed by atoms with Crippen molar-refractivity contribution < 1.29 is 31.3 Å². The maximum absolute atomic E-state index is 12.7. The van der Waals surface area contributed by atoms with E-state index in [1.54, 1.807) is 0 Å². The normalized spacial score (nSPS) is 12.4. The predicted molar refractivity (Wildman–Crippen MR) is 65.4 cm³/mol. The van der Waals surface area contributed by atoms with Crippen LogP contribution in [0.1, 0.15) is 51.9 Å². The Morgan fingerprint density at radius 3 is 2.21 bits per heavy atom. The second-order valence-corrected chi connectivity index (χ2v) is 5.84. The molecule has 0 aromatic rings. The van der Waals surface area contributed by atoms with Crippen LogP contribution in [0.25, 0.3) is 0 Å². The minimum Gasteiger partial charge on any atom is -0.458 e. The zero-order valence-corrected chi connectivity index (χ0v) is 11.7. The molecule has 0 rings (SSSR count). The van der Waals surface area contributed by atoms with Crippen molar-refractivity contribution in [2.45, 2.75) is 57.1 Å². The first-order valence-corrected chi connectivity index (χ1v) is 7.65. The first-order chi connectivity index (χ1) is 8.70. The van der Waals surface area contributed by atoms with Gasteiger partial charge in [0.05, 0.1) is 0 Å². The molecule has 0 spiro atoms. The molecule has 0 aromatic carbocycles. The van der Waals surface area contributed by atoms with Crippen molar-refractivity contribution in [3.05, 3.63) is 0 Å². The summed E-state index contributed by atoms with van der Waals surface area (Å²) in [6.07, 6.45) is 5.52. The van der Waals surface area contributed by atoms with E-state index in [1.165, 1.54) is 0 Å². The zero-order chi connectivity index (χ0) is 14.9. The molecule has 0 atom stereocenters. The van der Waals surface area contributed by atoms with Crippen LogP contribution in [0.15, 0.2) is 0 Å². The van der Waals surface area contributed by atoms with E-state index in [1.807, 2.05) is 0 Å². The molecule has 0 aromatic heterocycles. The predicted octanol–water partition coefficient (Wildman–Crippen LogP) is 2.76. The molecule has 0 fully saturated rings. The molecular weight excluding hydrogens is 282 g/mol. The van der Waals surface area contributed by atoms with Gasteiger partial charge in [0.2, 0.25) is 0 Å². The molecule has 0 radical (unpaired) electrons. The van der Waals surface area contributed by atoms with Crippen LogP contribution in [0, 0.1) is 0 Å². The van der Waals surface area contributed by atoms with Crippen LogP contribution >= 0.6 is 0 Å². The maximum Gasteiger partial charge on any atom is 0.402 e. The number of esters is 1. The molecule has 0 saturated heterocycles. The summed E-state index contributed by atoms with van der Waals surface area (Å²) in [6.45, 7) is 0.424. The molecule has 1 N–H and O–H groups in total. The van der Waals surface area contributed by atoms with Gasteiger partial charge in [0.1, 0.15) is 0 Å². The van der Waals surface area contributed by atoms with Gasteiger partial charge in [-0.25, -0.2) is 0 Å². The lowest BCUT2D eigenvalue weighted by Gasteiger charge is -2.12. The topological polar surface area (TPSA) is 80.7 Å². The first kappa shape index (κ1) is 18.2. The highest BCUT2D eigenvalue weighted by molar-refractivity contribution is 7.86. The fourth-order valence-corrected chi connectivity index (χ4v) is 1.57. The third-order valence-corrected chi connectivity index (χ3v) is 3.39. The van der Waals surface area contributed by atoms with E-state index < -0.39 is 27.9 Å². The summed E-state index contributed by atoms with van der Waals surface area (Å²) in [5, 5.41) is -4.45. The zero-order valence-electron chi connectivity index (χ0n) is 10.9. The third-order valence-electron chi connectivity index (χ3n) is 2.51. The monoisotopic (exact) mass is 302 g/mol. The summed E-state index contributed by atoms with van der Waals surface area (Å²) >= 11 is 0. The number of hydrogen-bond acceptors (Lipinski definition) is 4. The van der Waals surface area contributed by atoms with E-state index in [-0.39, 0.29) is 6.42 Å². The van der Waals surface area contributed by atoms with Crippen molar-refractivity contribution in [3.8, 4) is 0 Å². The van der Waals surface area contributed by atoms with Gasteiger partial charge in [0, 0.05) is 6.42 Å². The second kappa shape index (κ2) is 8.42. The minimum atomic E-state index is -5.54. The summed E-state index contributed by atoms with van der Waals surface area (Å²) in [5.41, 5.74) is 0. The third kappa shape index (κ3) is 8.10. The van der Waals surface area contributed by atoms with Gasteiger partial charge in [0.15, 0.2) is 6.61 Å². The van der Waals surface area contributed by atoms with E-state index in [4.69, 9.17) is 4.55 Å². The van der Waals surface area contributed by atoms with Gasteiger partial charge in [-0.15, -0.1) is 0 Å². The van der Waals surface area contributed by atoms with Crippen molar-refractivity contribution in [1.29, 1.82) is 0 Å². The molecule has 0 unspecified atom stereocenters. The molecule has 114 valence electrons. The van der Waals surface area contributed by atoms with Crippen molar-refractivity contribution >= 4 is 16.1 Å². The largest absolute Gasteiger partial charge is 0.458 e. The Morgan fingerprint density at radius 1 is 1.16 bits per heavy atom. The molecule has 0 amide bonds. The molecule has 0 bridgehead atoms. The van der Waals surface area contributed by atoms with Crippen molar-refractivity contribution in [2.75, 3.05) is 6.61 Å². The number of hydrogen-bond donors (Lipinski definition) is 1. The Kier molecular flexibility index (Phi) is 8.08.